The van der Waals surface area contributed by atoms with E-state index in [9.17, 15) is 14.4 Å². The Bertz CT molecular complexity index is 945. The number of carbonyl (C=O) groups is 3. The molecule has 2 aliphatic heterocycles. The van der Waals surface area contributed by atoms with Gasteiger partial charge in [0.25, 0.3) is 11.8 Å². The molecule has 0 spiro atoms. The second kappa shape index (κ2) is 6.95. The van der Waals surface area contributed by atoms with E-state index in [2.05, 4.69) is 9.97 Å². The zero-order valence-corrected chi connectivity index (χ0v) is 15.7. The second-order valence-corrected chi connectivity index (χ2v) is 7.68. The Morgan fingerprint density at radius 3 is 2.31 bits per heavy atom. The molecular weight excluding hydrogens is 372 g/mol. The lowest BCUT2D eigenvalue weighted by Gasteiger charge is -2.33. The molecule has 8 nitrogen and oxygen atoms in total. The van der Waals surface area contributed by atoms with Crippen LogP contribution in [0.25, 0.3) is 0 Å². The Balaban J connectivity index is 1.41. The minimum atomic E-state index is -0.630. The second-order valence-electron chi connectivity index (χ2n) is 7.68. The Morgan fingerprint density at radius 2 is 1.62 bits per heavy atom. The highest BCUT2D eigenvalue weighted by Crippen LogP contribution is 2.41. The highest BCUT2D eigenvalue weighted by atomic mass is 16.7. The van der Waals surface area contributed by atoms with E-state index in [1.165, 1.54) is 0 Å². The maximum atomic E-state index is 13.1. The van der Waals surface area contributed by atoms with Crippen LogP contribution >= 0.6 is 0 Å². The van der Waals surface area contributed by atoms with Crippen LogP contribution in [0.2, 0.25) is 0 Å². The van der Waals surface area contributed by atoms with Crippen LogP contribution in [0.1, 0.15) is 52.8 Å². The number of hydrogen-bond acceptors (Lipinski definition) is 7. The molecule has 0 unspecified atom stereocenters. The van der Waals surface area contributed by atoms with Crippen molar-refractivity contribution in [1.82, 2.24) is 15.0 Å². The summed E-state index contributed by atoms with van der Waals surface area (Å²) in [5.74, 6) is -1.03. The minimum Gasteiger partial charge on any atom is -0.327 e. The van der Waals surface area contributed by atoms with Gasteiger partial charge < -0.3 is 9.74 Å². The summed E-state index contributed by atoms with van der Waals surface area (Å²) in [6.07, 6.45) is 8.10. The average Bonchev–Trinajstić information content (AvgIpc) is 3.26. The molecule has 3 atom stereocenters. The Labute approximate surface area is 167 Å². The summed E-state index contributed by atoms with van der Waals surface area (Å²) in [5, 5.41) is 0.582. The molecular formula is C21H20N4O4. The van der Waals surface area contributed by atoms with Crippen LogP contribution in [0.5, 0.6) is 0 Å². The van der Waals surface area contributed by atoms with Crippen molar-refractivity contribution >= 4 is 23.7 Å². The molecule has 5 rings (SSSR count). The first-order valence-electron chi connectivity index (χ1n) is 9.90. The number of amides is 2. The SMILES string of the molecule is O=C(ON1C(=O)c2ccccc2C1=O)[C@@H]1C[C@@H]2CCCC[C@@H]2N1c1ncccn1. The average molecular weight is 392 g/mol. The molecule has 1 aromatic heterocycles. The van der Waals surface area contributed by atoms with E-state index in [0.717, 1.165) is 25.7 Å². The van der Waals surface area contributed by atoms with Crippen molar-refractivity contribution in [2.45, 2.75) is 44.2 Å². The van der Waals surface area contributed by atoms with Crippen molar-refractivity contribution < 1.29 is 19.2 Å². The fraction of sp³-hybridized carbons (Fsp3) is 0.381. The smallest absolute Gasteiger partial charge is 0.327 e. The summed E-state index contributed by atoms with van der Waals surface area (Å²) in [6, 6.07) is 7.71. The number of rotatable bonds is 3. The topological polar surface area (TPSA) is 92.7 Å². The van der Waals surface area contributed by atoms with Gasteiger partial charge in [0.05, 0.1) is 11.1 Å². The molecule has 29 heavy (non-hydrogen) atoms. The first kappa shape index (κ1) is 17.8. The van der Waals surface area contributed by atoms with Crippen LogP contribution in [-0.2, 0) is 9.63 Å². The molecule has 1 saturated carbocycles. The van der Waals surface area contributed by atoms with Crippen LogP contribution in [0, 0.1) is 5.92 Å². The lowest BCUT2D eigenvalue weighted by atomic mass is 9.85. The summed E-state index contributed by atoms with van der Waals surface area (Å²) in [7, 11) is 0. The van der Waals surface area contributed by atoms with Gasteiger partial charge in [0.2, 0.25) is 5.95 Å². The zero-order chi connectivity index (χ0) is 20.0. The summed E-state index contributed by atoms with van der Waals surface area (Å²) < 4.78 is 0. The monoisotopic (exact) mass is 392 g/mol. The lowest BCUT2D eigenvalue weighted by Crippen LogP contribution is -2.46. The van der Waals surface area contributed by atoms with Crippen molar-refractivity contribution in [3.8, 4) is 0 Å². The summed E-state index contributed by atoms with van der Waals surface area (Å²) in [6.45, 7) is 0. The van der Waals surface area contributed by atoms with Crippen LogP contribution in [0.15, 0.2) is 42.7 Å². The zero-order valence-electron chi connectivity index (χ0n) is 15.7. The van der Waals surface area contributed by atoms with E-state index in [-0.39, 0.29) is 17.2 Å². The van der Waals surface area contributed by atoms with E-state index in [4.69, 9.17) is 4.84 Å². The number of anilines is 1. The van der Waals surface area contributed by atoms with E-state index in [1.807, 2.05) is 4.90 Å². The lowest BCUT2D eigenvalue weighted by molar-refractivity contribution is -0.170. The molecule has 1 aliphatic carbocycles. The van der Waals surface area contributed by atoms with E-state index in [0.29, 0.717) is 23.4 Å². The Morgan fingerprint density at radius 1 is 0.966 bits per heavy atom. The summed E-state index contributed by atoms with van der Waals surface area (Å²) in [4.78, 5) is 54.2. The minimum absolute atomic E-state index is 0.158. The maximum absolute atomic E-state index is 13.1. The highest BCUT2D eigenvalue weighted by Gasteiger charge is 2.49. The molecule has 3 heterocycles. The highest BCUT2D eigenvalue weighted by molar-refractivity contribution is 6.20. The summed E-state index contributed by atoms with van der Waals surface area (Å²) in [5.41, 5.74) is 0.488. The first-order chi connectivity index (χ1) is 14.1. The number of hydrogen-bond donors (Lipinski definition) is 0. The molecule has 3 aliphatic rings. The third-order valence-corrected chi connectivity index (χ3v) is 6.08. The van der Waals surface area contributed by atoms with Gasteiger partial charge in [-0.3, -0.25) is 9.59 Å². The molecule has 2 amide bonds. The van der Waals surface area contributed by atoms with Crippen molar-refractivity contribution in [2.75, 3.05) is 4.90 Å². The normalized spacial score (nSPS) is 25.7. The standard InChI is InChI=1S/C21H20N4O4/c26-18-14-7-2-3-8-15(14)19(27)25(18)29-20(28)17-12-13-6-1-4-9-16(13)24(17)21-22-10-5-11-23-21/h2-3,5,7-8,10-11,13,16-17H,1,4,6,9,12H2/t13-,16-,17-/m0/s1. The molecule has 0 N–H and O–H groups in total. The number of hydroxylamine groups is 2. The van der Waals surface area contributed by atoms with E-state index >= 15 is 0 Å². The van der Waals surface area contributed by atoms with Crippen molar-refractivity contribution in [3.05, 3.63) is 53.9 Å². The number of carbonyl (C=O) groups excluding carboxylic acids is 3. The molecule has 148 valence electrons. The van der Waals surface area contributed by atoms with E-state index in [1.54, 1.807) is 42.7 Å². The van der Waals surface area contributed by atoms with Gasteiger partial charge in [-0.25, -0.2) is 14.8 Å². The largest absolute Gasteiger partial charge is 0.355 e. The fourth-order valence-corrected chi connectivity index (χ4v) is 4.78. The number of benzene rings is 1. The predicted octanol–water partition coefficient (Wildman–Crippen LogP) is 2.37. The quantitative estimate of drug-likeness (QED) is 0.741. The molecule has 1 saturated heterocycles. The van der Waals surface area contributed by atoms with Crippen molar-refractivity contribution in [2.24, 2.45) is 5.92 Å². The first-order valence-corrected chi connectivity index (χ1v) is 9.90. The maximum Gasteiger partial charge on any atom is 0.355 e. The number of imide groups is 1. The van der Waals surface area contributed by atoms with Gasteiger partial charge in [-0.15, -0.1) is 0 Å². The molecule has 0 bridgehead atoms. The van der Waals surface area contributed by atoms with Crippen LogP contribution in [-0.4, -0.2) is 44.9 Å². The summed E-state index contributed by atoms with van der Waals surface area (Å²) >= 11 is 0. The van der Waals surface area contributed by atoms with Gasteiger partial charge in [-0.2, -0.15) is 0 Å². The molecule has 2 fully saturated rings. The Kier molecular flexibility index (Phi) is 4.26. The van der Waals surface area contributed by atoms with Crippen molar-refractivity contribution in [3.63, 3.8) is 0 Å². The van der Waals surface area contributed by atoms with Crippen LogP contribution < -0.4 is 4.90 Å². The van der Waals surface area contributed by atoms with Crippen molar-refractivity contribution in [1.29, 1.82) is 0 Å². The third kappa shape index (κ3) is 2.86. The van der Waals surface area contributed by atoms with Gasteiger partial charge >= 0.3 is 5.97 Å². The number of nitrogens with zero attached hydrogens (tertiary/aromatic N) is 4. The van der Waals surface area contributed by atoms with Crippen LogP contribution in [0.4, 0.5) is 5.95 Å². The fourth-order valence-electron chi connectivity index (χ4n) is 4.78. The van der Waals surface area contributed by atoms with Gasteiger partial charge in [-0.1, -0.05) is 30.0 Å². The van der Waals surface area contributed by atoms with Gasteiger partial charge in [0.15, 0.2) is 0 Å². The van der Waals surface area contributed by atoms with Crippen LogP contribution in [0.3, 0.4) is 0 Å². The number of aromatic nitrogens is 2. The molecule has 0 radical (unpaired) electrons. The third-order valence-electron chi connectivity index (χ3n) is 6.08. The van der Waals surface area contributed by atoms with Gasteiger partial charge in [-0.05, 0) is 43.4 Å². The van der Waals surface area contributed by atoms with Gasteiger partial charge in [0.1, 0.15) is 6.04 Å². The number of fused-ring (bicyclic) bond motifs is 2. The predicted molar refractivity (Wildman–Crippen MR) is 102 cm³/mol. The molecule has 8 heteroatoms. The van der Waals surface area contributed by atoms with Gasteiger partial charge in [0, 0.05) is 18.4 Å². The molecule has 2 aromatic rings. The van der Waals surface area contributed by atoms with E-state index < -0.39 is 23.8 Å². The molecule has 1 aromatic carbocycles. The Hall–Kier alpha value is -3.29.